The molecule has 0 radical (unpaired) electrons. The van der Waals surface area contributed by atoms with Gasteiger partial charge in [-0.1, -0.05) is 36.4 Å². The Hall–Kier alpha value is -2.14. The Bertz CT molecular complexity index is 1030. The van der Waals surface area contributed by atoms with Gasteiger partial charge in [0.2, 0.25) is 5.13 Å². The van der Waals surface area contributed by atoms with Crippen LogP contribution in [0.2, 0.25) is 0 Å². The van der Waals surface area contributed by atoms with Gasteiger partial charge in [0.05, 0.1) is 6.33 Å². The summed E-state index contributed by atoms with van der Waals surface area (Å²) in [7, 11) is 3.39. The molecule has 0 spiro atoms. The van der Waals surface area contributed by atoms with Crippen LogP contribution in [0.15, 0.2) is 20.3 Å². The lowest BCUT2D eigenvalue weighted by atomic mass is 10.3. The maximum absolute atomic E-state index is 12.6. The van der Waals surface area contributed by atoms with Gasteiger partial charge in [0.15, 0.2) is 15.5 Å². The molecule has 3 heterocycles. The first-order valence-electron chi connectivity index (χ1n) is 8.84. The van der Waals surface area contributed by atoms with Crippen molar-refractivity contribution >= 4 is 39.4 Å². The quantitative estimate of drug-likeness (QED) is 0.424. The van der Waals surface area contributed by atoms with Gasteiger partial charge in [-0.05, 0) is 12.8 Å². The Morgan fingerprint density at radius 3 is 2.81 bits per heavy atom. The summed E-state index contributed by atoms with van der Waals surface area (Å²) in [6.07, 6.45) is 4.47. The lowest BCUT2D eigenvalue weighted by molar-refractivity contribution is 0.594. The fourth-order valence-electron chi connectivity index (χ4n) is 2.69. The van der Waals surface area contributed by atoms with Crippen molar-refractivity contribution in [3.63, 3.8) is 0 Å². The van der Waals surface area contributed by atoms with E-state index in [4.69, 9.17) is 0 Å². The molecular formula is C16H23N7O2S2. The third-order valence-electron chi connectivity index (χ3n) is 4.17. The van der Waals surface area contributed by atoms with Crippen LogP contribution < -0.4 is 16.6 Å². The molecule has 9 nitrogen and oxygen atoms in total. The van der Waals surface area contributed by atoms with Crippen molar-refractivity contribution in [2.24, 2.45) is 14.1 Å². The average molecular weight is 410 g/mol. The van der Waals surface area contributed by atoms with Crippen molar-refractivity contribution < 1.29 is 0 Å². The van der Waals surface area contributed by atoms with E-state index in [0.29, 0.717) is 24.1 Å². The van der Waals surface area contributed by atoms with Crippen LogP contribution in [-0.4, -0.2) is 41.2 Å². The molecule has 3 aromatic rings. The van der Waals surface area contributed by atoms with Crippen molar-refractivity contribution in [3.05, 3.63) is 27.2 Å². The molecule has 0 amide bonds. The summed E-state index contributed by atoms with van der Waals surface area (Å²) in [4.78, 5) is 29.2. The number of rotatable bonds is 9. The van der Waals surface area contributed by atoms with E-state index >= 15 is 0 Å². The van der Waals surface area contributed by atoms with Crippen LogP contribution in [0.1, 0.15) is 26.2 Å². The summed E-state index contributed by atoms with van der Waals surface area (Å²) >= 11 is 3.11. The molecule has 146 valence electrons. The minimum Gasteiger partial charge on any atom is -0.360 e. The van der Waals surface area contributed by atoms with Crippen molar-refractivity contribution in [1.29, 1.82) is 0 Å². The van der Waals surface area contributed by atoms with Gasteiger partial charge in [-0.15, -0.1) is 10.2 Å². The predicted octanol–water partition coefficient (Wildman–Crippen LogP) is 1.68. The van der Waals surface area contributed by atoms with Crippen LogP contribution >= 0.6 is 23.1 Å². The molecular weight excluding hydrogens is 386 g/mol. The summed E-state index contributed by atoms with van der Waals surface area (Å²) < 4.78 is 5.23. The smallest absolute Gasteiger partial charge is 0.332 e. The maximum atomic E-state index is 12.6. The zero-order valence-electron chi connectivity index (χ0n) is 15.6. The number of nitrogens with one attached hydrogen (secondary N) is 1. The zero-order valence-corrected chi connectivity index (χ0v) is 17.3. The topological polar surface area (TPSA) is 99.6 Å². The van der Waals surface area contributed by atoms with E-state index in [1.54, 1.807) is 36.8 Å². The van der Waals surface area contributed by atoms with Crippen LogP contribution in [0, 0.1) is 0 Å². The van der Waals surface area contributed by atoms with E-state index in [-0.39, 0.29) is 11.2 Å². The number of anilines is 1. The number of aromatic nitrogens is 6. The molecule has 0 atom stereocenters. The number of fused-ring (bicyclic) bond motifs is 1. The van der Waals surface area contributed by atoms with Gasteiger partial charge in [-0.3, -0.25) is 13.9 Å². The summed E-state index contributed by atoms with van der Waals surface area (Å²) in [6, 6.07) is 0. The lowest BCUT2D eigenvalue weighted by Gasteiger charge is -2.08. The normalized spacial score (nSPS) is 11.4. The third kappa shape index (κ3) is 4.24. The molecule has 0 aliphatic rings. The largest absolute Gasteiger partial charge is 0.360 e. The van der Waals surface area contributed by atoms with E-state index in [9.17, 15) is 9.59 Å². The number of hydrogen-bond acceptors (Lipinski definition) is 8. The number of unbranched alkanes of at least 4 members (excludes halogenated alkanes) is 1. The standard InChI is InChI=1S/C16H23N7O2S2/c1-4-5-7-17-14-19-20-15(27-14)26-9-6-8-23-13(24)11-12(18-10-21(11)2)22(3)16(23)25/h10H,4-9H2,1-3H3,(H,17,19). The Morgan fingerprint density at radius 1 is 1.22 bits per heavy atom. The summed E-state index contributed by atoms with van der Waals surface area (Å²) in [6.45, 7) is 3.41. The highest BCUT2D eigenvalue weighted by Crippen LogP contribution is 2.25. The average Bonchev–Trinajstić information content (AvgIpc) is 3.26. The summed E-state index contributed by atoms with van der Waals surface area (Å²) in [5.74, 6) is 0.753. The highest BCUT2D eigenvalue weighted by molar-refractivity contribution is 8.01. The number of hydrogen-bond donors (Lipinski definition) is 1. The first kappa shape index (κ1) is 19.6. The van der Waals surface area contributed by atoms with Gasteiger partial charge < -0.3 is 9.88 Å². The van der Waals surface area contributed by atoms with Crippen molar-refractivity contribution in [1.82, 2.24) is 28.9 Å². The van der Waals surface area contributed by atoms with Crippen LogP contribution in [0.25, 0.3) is 11.2 Å². The highest BCUT2D eigenvalue weighted by Gasteiger charge is 2.14. The number of thioether (sulfide) groups is 1. The molecule has 1 N–H and O–H groups in total. The van der Waals surface area contributed by atoms with Gasteiger partial charge in [0, 0.05) is 32.9 Å². The fraction of sp³-hybridized carbons (Fsp3) is 0.562. The molecule has 0 fully saturated rings. The lowest BCUT2D eigenvalue weighted by Crippen LogP contribution is -2.39. The first-order chi connectivity index (χ1) is 13.0. The molecule has 0 aliphatic heterocycles. The molecule has 0 aliphatic carbocycles. The van der Waals surface area contributed by atoms with Crippen LogP contribution in [0.3, 0.4) is 0 Å². The van der Waals surface area contributed by atoms with E-state index in [2.05, 4.69) is 27.4 Å². The van der Waals surface area contributed by atoms with E-state index in [0.717, 1.165) is 34.6 Å². The van der Waals surface area contributed by atoms with Crippen molar-refractivity contribution in [3.8, 4) is 0 Å². The Kier molecular flexibility index (Phi) is 6.32. The van der Waals surface area contributed by atoms with Gasteiger partial charge in [-0.25, -0.2) is 9.78 Å². The molecule has 0 saturated heterocycles. The van der Waals surface area contributed by atoms with Gasteiger partial charge >= 0.3 is 5.69 Å². The van der Waals surface area contributed by atoms with E-state index in [1.807, 2.05) is 0 Å². The van der Waals surface area contributed by atoms with E-state index in [1.165, 1.54) is 20.5 Å². The zero-order chi connectivity index (χ0) is 19.4. The maximum Gasteiger partial charge on any atom is 0.332 e. The van der Waals surface area contributed by atoms with Gasteiger partial charge in [-0.2, -0.15) is 0 Å². The third-order valence-corrected chi connectivity index (χ3v) is 6.27. The van der Waals surface area contributed by atoms with Crippen LogP contribution in [0.4, 0.5) is 5.13 Å². The minimum absolute atomic E-state index is 0.295. The Balaban J connectivity index is 1.61. The van der Waals surface area contributed by atoms with Crippen LogP contribution in [-0.2, 0) is 20.6 Å². The predicted molar refractivity (Wildman–Crippen MR) is 109 cm³/mol. The molecule has 27 heavy (non-hydrogen) atoms. The summed E-state index contributed by atoms with van der Waals surface area (Å²) in [5.41, 5.74) is 0.220. The number of nitrogens with zero attached hydrogens (tertiary/aromatic N) is 6. The second-order valence-corrected chi connectivity index (χ2v) is 8.50. The monoisotopic (exact) mass is 409 g/mol. The molecule has 11 heteroatoms. The molecule has 3 rings (SSSR count). The highest BCUT2D eigenvalue weighted by atomic mass is 32.2. The number of aryl methyl sites for hydroxylation is 2. The first-order valence-corrected chi connectivity index (χ1v) is 10.6. The molecule has 3 aromatic heterocycles. The van der Waals surface area contributed by atoms with Crippen molar-refractivity contribution in [2.45, 2.75) is 37.1 Å². The second kappa shape index (κ2) is 8.70. The molecule has 0 bridgehead atoms. The molecule has 0 unspecified atom stereocenters. The van der Waals surface area contributed by atoms with Gasteiger partial charge in [0.25, 0.3) is 5.56 Å². The van der Waals surface area contributed by atoms with Gasteiger partial charge in [0.1, 0.15) is 0 Å². The van der Waals surface area contributed by atoms with E-state index < -0.39 is 0 Å². The van der Waals surface area contributed by atoms with Crippen LogP contribution in [0.5, 0.6) is 0 Å². The Labute approximate surface area is 164 Å². The van der Waals surface area contributed by atoms with Crippen molar-refractivity contribution in [2.75, 3.05) is 17.6 Å². The fourth-order valence-corrected chi connectivity index (χ4v) is 4.46. The number of imidazole rings is 1. The minimum atomic E-state index is -0.338. The Morgan fingerprint density at radius 2 is 2.04 bits per heavy atom. The SMILES string of the molecule is CCCCNc1nnc(SCCCn2c(=O)c3c(ncn3C)n(C)c2=O)s1. The molecule has 0 saturated carbocycles. The summed E-state index contributed by atoms with van der Waals surface area (Å²) in [5, 5.41) is 12.4. The second-order valence-electron chi connectivity index (χ2n) is 6.18. The molecule has 0 aromatic carbocycles.